The molecule has 16 heavy (non-hydrogen) atoms. The monoisotopic (exact) mass is 220 g/mol. The second-order valence-corrected chi connectivity index (χ2v) is 4.55. The number of hydrogen-bond donors (Lipinski definition) is 1. The van der Waals surface area contributed by atoms with Crippen molar-refractivity contribution in [1.29, 1.82) is 0 Å². The van der Waals surface area contributed by atoms with E-state index in [1.807, 2.05) is 12.1 Å². The maximum Gasteiger partial charge on any atom is 0.0681 e. The summed E-state index contributed by atoms with van der Waals surface area (Å²) in [5, 5.41) is 8.96. The van der Waals surface area contributed by atoms with E-state index < -0.39 is 0 Å². The van der Waals surface area contributed by atoms with Gasteiger partial charge in [0.15, 0.2) is 0 Å². The van der Waals surface area contributed by atoms with Crippen molar-refractivity contribution in [2.45, 2.75) is 13.2 Å². The Morgan fingerprint density at radius 1 is 1.00 bits per heavy atom. The third-order valence-electron chi connectivity index (χ3n) is 3.21. The number of hydrogen-bond acceptors (Lipinski definition) is 3. The summed E-state index contributed by atoms with van der Waals surface area (Å²) in [6.45, 7) is 5.79. The van der Waals surface area contributed by atoms with Gasteiger partial charge < -0.3 is 10.0 Å². The first-order chi connectivity index (χ1) is 7.78. The predicted octanol–water partition coefficient (Wildman–Crippen LogP) is 0.926. The standard InChI is InChI=1S/C13H20N2O/c1-14-6-8-15(9-7-14)10-12-2-4-13(11-16)5-3-12/h2-5,16H,6-11H2,1H3. The van der Waals surface area contributed by atoms with E-state index in [4.69, 9.17) is 5.11 Å². The molecule has 3 nitrogen and oxygen atoms in total. The molecule has 0 aromatic heterocycles. The van der Waals surface area contributed by atoms with E-state index in [1.165, 1.54) is 5.56 Å². The molecule has 0 bridgehead atoms. The average molecular weight is 220 g/mol. The normalized spacial score (nSPS) is 18.9. The van der Waals surface area contributed by atoms with Gasteiger partial charge >= 0.3 is 0 Å². The lowest BCUT2D eigenvalue weighted by molar-refractivity contribution is 0.148. The molecule has 1 aliphatic rings. The Labute approximate surface area is 97.3 Å². The van der Waals surface area contributed by atoms with Gasteiger partial charge in [-0.2, -0.15) is 0 Å². The predicted molar refractivity (Wildman–Crippen MR) is 65.1 cm³/mol. The molecule has 1 aromatic carbocycles. The van der Waals surface area contributed by atoms with Crippen LogP contribution in [0.3, 0.4) is 0 Å². The molecular weight excluding hydrogens is 200 g/mol. The smallest absolute Gasteiger partial charge is 0.0681 e. The Balaban J connectivity index is 1.88. The van der Waals surface area contributed by atoms with Gasteiger partial charge in [-0.05, 0) is 18.2 Å². The SMILES string of the molecule is CN1CCN(Cc2ccc(CO)cc2)CC1. The third-order valence-corrected chi connectivity index (χ3v) is 3.21. The molecule has 3 heteroatoms. The highest BCUT2D eigenvalue weighted by atomic mass is 16.3. The molecular formula is C13H20N2O. The summed E-state index contributed by atoms with van der Waals surface area (Å²) in [4.78, 5) is 4.85. The summed E-state index contributed by atoms with van der Waals surface area (Å²) in [7, 11) is 2.17. The van der Waals surface area contributed by atoms with Gasteiger partial charge in [0.05, 0.1) is 6.61 Å². The summed E-state index contributed by atoms with van der Waals surface area (Å²) >= 11 is 0. The zero-order chi connectivity index (χ0) is 11.4. The summed E-state index contributed by atoms with van der Waals surface area (Å²) in [6, 6.07) is 8.24. The molecule has 0 unspecified atom stereocenters. The van der Waals surface area contributed by atoms with Crippen molar-refractivity contribution >= 4 is 0 Å². The molecule has 1 fully saturated rings. The molecule has 0 atom stereocenters. The van der Waals surface area contributed by atoms with Crippen LogP contribution in [0.25, 0.3) is 0 Å². The van der Waals surface area contributed by atoms with E-state index in [0.717, 1.165) is 38.3 Å². The van der Waals surface area contributed by atoms with E-state index in [1.54, 1.807) is 0 Å². The third kappa shape index (κ3) is 3.04. The topological polar surface area (TPSA) is 26.7 Å². The van der Waals surface area contributed by atoms with Crippen LogP contribution >= 0.6 is 0 Å². The van der Waals surface area contributed by atoms with Crippen LogP contribution in [0.15, 0.2) is 24.3 Å². The van der Waals surface area contributed by atoms with Crippen molar-refractivity contribution in [3.05, 3.63) is 35.4 Å². The van der Waals surface area contributed by atoms with Crippen LogP contribution in [-0.2, 0) is 13.2 Å². The number of nitrogens with zero attached hydrogens (tertiary/aromatic N) is 2. The average Bonchev–Trinajstić information content (AvgIpc) is 2.33. The fraction of sp³-hybridized carbons (Fsp3) is 0.538. The second kappa shape index (κ2) is 5.43. The van der Waals surface area contributed by atoms with Crippen LogP contribution in [-0.4, -0.2) is 48.1 Å². The fourth-order valence-electron chi connectivity index (χ4n) is 2.01. The van der Waals surface area contributed by atoms with Crippen molar-refractivity contribution < 1.29 is 5.11 Å². The number of aliphatic hydroxyl groups excluding tert-OH is 1. The number of piperazine rings is 1. The summed E-state index contributed by atoms with van der Waals surface area (Å²) < 4.78 is 0. The van der Waals surface area contributed by atoms with Crippen LogP contribution in [0.5, 0.6) is 0 Å². The summed E-state index contributed by atoms with van der Waals surface area (Å²) in [5.41, 5.74) is 2.32. The zero-order valence-electron chi connectivity index (χ0n) is 9.89. The molecule has 88 valence electrons. The van der Waals surface area contributed by atoms with Crippen molar-refractivity contribution in [3.63, 3.8) is 0 Å². The maximum atomic E-state index is 8.96. The lowest BCUT2D eigenvalue weighted by Gasteiger charge is -2.32. The highest BCUT2D eigenvalue weighted by Gasteiger charge is 2.13. The molecule has 1 aliphatic heterocycles. The van der Waals surface area contributed by atoms with Gasteiger partial charge in [0.1, 0.15) is 0 Å². The van der Waals surface area contributed by atoms with Gasteiger partial charge in [0.2, 0.25) is 0 Å². The van der Waals surface area contributed by atoms with Gasteiger partial charge in [0.25, 0.3) is 0 Å². The Morgan fingerprint density at radius 3 is 2.12 bits per heavy atom. The van der Waals surface area contributed by atoms with Gasteiger partial charge in [-0.3, -0.25) is 4.90 Å². The number of benzene rings is 1. The largest absolute Gasteiger partial charge is 0.392 e. The van der Waals surface area contributed by atoms with Crippen LogP contribution in [0.1, 0.15) is 11.1 Å². The van der Waals surface area contributed by atoms with Crippen molar-refractivity contribution in [3.8, 4) is 0 Å². The van der Waals surface area contributed by atoms with E-state index in [9.17, 15) is 0 Å². The van der Waals surface area contributed by atoms with Crippen molar-refractivity contribution in [2.24, 2.45) is 0 Å². The highest BCUT2D eigenvalue weighted by Crippen LogP contribution is 2.09. The van der Waals surface area contributed by atoms with Crippen molar-refractivity contribution in [2.75, 3.05) is 33.2 Å². The molecule has 1 saturated heterocycles. The molecule has 0 saturated carbocycles. The molecule has 1 heterocycles. The zero-order valence-corrected chi connectivity index (χ0v) is 9.89. The maximum absolute atomic E-state index is 8.96. The molecule has 0 spiro atoms. The first kappa shape index (κ1) is 11.6. The Bertz CT molecular complexity index is 315. The number of likely N-dealkylation sites (N-methyl/N-ethyl adjacent to an activating group) is 1. The highest BCUT2D eigenvalue weighted by molar-refractivity contribution is 5.21. The molecule has 2 rings (SSSR count). The van der Waals surface area contributed by atoms with Gasteiger partial charge in [-0.25, -0.2) is 0 Å². The first-order valence-corrected chi connectivity index (χ1v) is 5.87. The van der Waals surface area contributed by atoms with Gasteiger partial charge in [-0.15, -0.1) is 0 Å². The van der Waals surface area contributed by atoms with E-state index >= 15 is 0 Å². The van der Waals surface area contributed by atoms with Crippen LogP contribution < -0.4 is 0 Å². The van der Waals surface area contributed by atoms with Gasteiger partial charge in [-0.1, -0.05) is 24.3 Å². The summed E-state index contributed by atoms with van der Waals surface area (Å²) in [6.07, 6.45) is 0. The minimum atomic E-state index is 0.134. The van der Waals surface area contributed by atoms with Crippen LogP contribution in [0, 0.1) is 0 Å². The van der Waals surface area contributed by atoms with Crippen LogP contribution in [0.4, 0.5) is 0 Å². The molecule has 0 radical (unpaired) electrons. The Morgan fingerprint density at radius 2 is 1.56 bits per heavy atom. The Hall–Kier alpha value is -0.900. The lowest BCUT2D eigenvalue weighted by atomic mass is 10.1. The molecule has 1 N–H and O–H groups in total. The quantitative estimate of drug-likeness (QED) is 0.821. The van der Waals surface area contributed by atoms with E-state index in [2.05, 4.69) is 29.0 Å². The lowest BCUT2D eigenvalue weighted by Crippen LogP contribution is -2.43. The number of aliphatic hydroxyl groups is 1. The summed E-state index contributed by atoms with van der Waals surface area (Å²) in [5.74, 6) is 0. The molecule has 1 aromatic rings. The molecule has 0 aliphatic carbocycles. The van der Waals surface area contributed by atoms with E-state index in [-0.39, 0.29) is 6.61 Å². The number of rotatable bonds is 3. The van der Waals surface area contributed by atoms with Crippen LogP contribution in [0.2, 0.25) is 0 Å². The van der Waals surface area contributed by atoms with E-state index in [0.29, 0.717) is 0 Å². The Kier molecular flexibility index (Phi) is 3.93. The second-order valence-electron chi connectivity index (χ2n) is 4.55. The fourth-order valence-corrected chi connectivity index (χ4v) is 2.01. The first-order valence-electron chi connectivity index (χ1n) is 5.87. The minimum Gasteiger partial charge on any atom is -0.392 e. The minimum absolute atomic E-state index is 0.134. The molecule has 0 amide bonds. The van der Waals surface area contributed by atoms with Gasteiger partial charge in [0, 0.05) is 32.7 Å². The van der Waals surface area contributed by atoms with Crippen molar-refractivity contribution in [1.82, 2.24) is 9.80 Å².